The number of aryl methyl sites for hydroxylation is 1. The number of sulfone groups is 1. The van der Waals surface area contributed by atoms with E-state index in [2.05, 4.69) is 15.0 Å². The van der Waals surface area contributed by atoms with Crippen LogP contribution in [0, 0.1) is 6.92 Å². The highest BCUT2D eigenvalue weighted by Crippen LogP contribution is 2.46. The Hall–Kier alpha value is -3.13. The van der Waals surface area contributed by atoms with Crippen LogP contribution in [0.15, 0.2) is 53.9 Å². The fourth-order valence-corrected chi connectivity index (χ4v) is 4.72. The van der Waals surface area contributed by atoms with Gasteiger partial charge in [0, 0.05) is 24.2 Å². The second-order valence-corrected chi connectivity index (χ2v) is 11.0. The van der Waals surface area contributed by atoms with Gasteiger partial charge in [0.25, 0.3) is 0 Å². The second-order valence-electron chi connectivity index (χ2n) is 8.49. The van der Waals surface area contributed by atoms with Crippen LogP contribution in [0.25, 0.3) is 11.1 Å². The number of rotatable bonds is 4. The molecule has 1 aliphatic heterocycles. The first-order valence-electron chi connectivity index (χ1n) is 10.0. The second kappa shape index (κ2) is 7.23. The van der Waals surface area contributed by atoms with Crippen LogP contribution in [0.5, 0.6) is 0 Å². The Bertz CT molecular complexity index is 1280. The maximum Gasteiger partial charge on any atom is 0.241 e. The van der Waals surface area contributed by atoms with Crippen LogP contribution in [0.1, 0.15) is 39.1 Å². The molecule has 3 aromatic rings. The van der Waals surface area contributed by atoms with Crippen LogP contribution in [-0.4, -0.2) is 34.5 Å². The first-order chi connectivity index (χ1) is 14.5. The number of fused-ring (bicyclic) bond motifs is 1. The number of amides is 1. The van der Waals surface area contributed by atoms with Crippen LogP contribution >= 0.6 is 0 Å². The highest BCUT2D eigenvalue weighted by Gasteiger charge is 2.45. The van der Waals surface area contributed by atoms with Crippen LogP contribution in [0.3, 0.4) is 0 Å². The van der Waals surface area contributed by atoms with E-state index in [0.29, 0.717) is 17.2 Å². The molecule has 4 rings (SSSR count). The van der Waals surface area contributed by atoms with Gasteiger partial charge >= 0.3 is 0 Å². The molecule has 7 nitrogen and oxygen atoms in total. The number of pyridine rings is 1. The molecule has 0 saturated heterocycles. The molecule has 1 amide bonds. The highest BCUT2D eigenvalue weighted by atomic mass is 32.2. The van der Waals surface area contributed by atoms with E-state index in [9.17, 15) is 13.2 Å². The fourth-order valence-electron chi connectivity index (χ4n) is 3.68. The monoisotopic (exact) mass is 436 g/mol. The fraction of sp³-hybridized carbons (Fsp3) is 0.304. The van der Waals surface area contributed by atoms with Gasteiger partial charge < -0.3 is 0 Å². The van der Waals surface area contributed by atoms with Crippen LogP contribution < -0.4 is 4.90 Å². The Balaban J connectivity index is 1.87. The lowest BCUT2D eigenvalue weighted by Gasteiger charge is -2.21. The molecule has 0 radical (unpaired) electrons. The van der Waals surface area contributed by atoms with Crippen molar-refractivity contribution in [3.63, 3.8) is 0 Å². The summed E-state index contributed by atoms with van der Waals surface area (Å²) < 4.78 is 25.3. The zero-order valence-corrected chi connectivity index (χ0v) is 18.9. The maximum absolute atomic E-state index is 13.4. The molecule has 0 saturated carbocycles. The summed E-state index contributed by atoms with van der Waals surface area (Å²) in [4.78, 5) is 27.7. The molecule has 0 N–H and O–H groups in total. The van der Waals surface area contributed by atoms with Crippen molar-refractivity contribution in [2.75, 3.05) is 4.90 Å². The lowest BCUT2D eigenvalue weighted by atomic mass is 9.85. The summed E-state index contributed by atoms with van der Waals surface area (Å²) in [6, 6.07) is 7.32. The standard InChI is InChI=1S/C23H24N4O3S/c1-14(2)31(29,30)19-9-18(12-24-13-19)27-21-8-16(17-10-25-15(3)26-11-17)6-7-20(21)23(4,5)22(27)28/h6-14H,1-5H3. The van der Waals surface area contributed by atoms with Crippen LogP contribution in [0.4, 0.5) is 11.4 Å². The minimum absolute atomic E-state index is 0.0992. The maximum atomic E-state index is 13.4. The summed E-state index contributed by atoms with van der Waals surface area (Å²) in [6.45, 7) is 8.80. The number of benzene rings is 1. The van der Waals surface area contributed by atoms with Gasteiger partial charge in [-0.2, -0.15) is 0 Å². The molecule has 8 heteroatoms. The summed E-state index contributed by atoms with van der Waals surface area (Å²) in [6.07, 6.45) is 6.33. The van der Waals surface area contributed by atoms with Crippen molar-refractivity contribution >= 4 is 27.1 Å². The number of hydrogen-bond donors (Lipinski definition) is 0. The number of carbonyl (C=O) groups excluding carboxylic acids is 1. The van der Waals surface area contributed by atoms with Gasteiger partial charge in [-0.1, -0.05) is 12.1 Å². The van der Waals surface area contributed by atoms with Gasteiger partial charge in [0.05, 0.1) is 33.1 Å². The summed E-state index contributed by atoms with van der Waals surface area (Å²) in [7, 11) is -3.52. The predicted octanol–water partition coefficient (Wildman–Crippen LogP) is 3.99. The van der Waals surface area contributed by atoms with E-state index in [1.54, 1.807) is 31.1 Å². The molecule has 0 fully saturated rings. The van der Waals surface area contributed by atoms with Crippen molar-refractivity contribution in [3.05, 3.63) is 60.4 Å². The Morgan fingerprint density at radius 1 is 0.968 bits per heavy atom. The number of anilines is 2. The van der Waals surface area contributed by atoms with Gasteiger partial charge in [0.2, 0.25) is 5.91 Å². The first kappa shape index (κ1) is 21.1. The van der Waals surface area contributed by atoms with E-state index in [-0.39, 0.29) is 10.8 Å². The molecular formula is C23H24N4O3S. The third kappa shape index (κ3) is 3.40. The van der Waals surface area contributed by atoms with Gasteiger partial charge in [-0.15, -0.1) is 0 Å². The minimum atomic E-state index is -3.52. The van der Waals surface area contributed by atoms with Crippen molar-refractivity contribution in [2.45, 2.75) is 50.2 Å². The number of hydrogen-bond acceptors (Lipinski definition) is 6. The molecular weight excluding hydrogens is 412 g/mol. The molecule has 0 spiro atoms. The Morgan fingerprint density at radius 2 is 1.65 bits per heavy atom. The highest BCUT2D eigenvalue weighted by molar-refractivity contribution is 7.92. The van der Waals surface area contributed by atoms with Gasteiger partial charge in [-0.05, 0) is 57.9 Å². The van der Waals surface area contributed by atoms with E-state index in [0.717, 1.165) is 16.7 Å². The molecule has 1 aromatic carbocycles. The normalized spacial score (nSPS) is 15.4. The zero-order valence-electron chi connectivity index (χ0n) is 18.1. The van der Waals surface area contributed by atoms with Crippen LogP contribution in [0.2, 0.25) is 0 Å². The van der Waals surface area contributed by atoms with Crippen LogP contribution in [-0.2, 0) is 20.0 Å². The summed E-state index contributed by atoms with van der Waals surface area (Å²) >= 11 is 0. The Labute approximate surface area is 182 Å². The predicted molar refractivity (Wildman–Crippen MR) is 119 cm³/mol. The summed E-state index contributed by atoms with van der Waals surface area (Å²) in [5.41, 5.74) is 2.94. The third-order valence-electron chi connectivity index (χ3n) is 5.67. The first-order valence-corrected chi connectivity index (χ1v) is 11.5. The topological polar surface area (TPSA) is 93.1 Å². The van der Waals surface area contributed by atoms with E-state index >= 15 is 0 Å². The molecule has 0 atom stereocenters. The lowest BCUT2D eigenvalue weighted by Crippen LogP contribution is -2.33. The molecule has 0 bridgehead atoms. The molecule has 160 valence electrons. The smallest absolute Gasteiger partial charge is 0.241 e. The molecule has 0 unspecified atom stereocenters. The van der Waals surface area contributed by atoms with E-state index in [1.165, 1.54) is 18.5 Å². The van der Waals surface area contributed by atoms with Crippen molar-refractivity contribution in [1.29, 1.82) is 0 Å². The van der Waals surface area contributed by atoms with Gasteiger partial charge in [-0.3, -0.25) is 14.7 Å². The third-order valence-corrected chi connectivity index (χ3v) is 7.79. The minimum Gasteiger partial charge on any atom is -0.278 e. The van der Waals surface area contributed by atoms with Crippen molar-refractivity contribution in [2.24, 2.45) is 0 Å². The summed E-state index contributed by atoms with van der Waals surface area (Å²) in [5, 5.41) is -0.587. The SMILES string of the molecule is Cc1ncc(-c2ccc3c(c2)N(c2cncc(S(=O)(=O)C(C)C)c2)C(=O)C3(C)C)cn1. The Kier molecular flexibility index (Phi) is 4.93. The lowest BCUT2D eigenvalue weighted by molar-refractivity contribution is -0.121. The largest absolute Gasteiger partial charge is 0.278 e. The average Bonchev–Trinajstić information content (AvgIpc) is 2.93. The number of nitrogens with zero attached hydrogens (tertiary/aromatic N) is 4. The van der Waals surface area contributed by atoms with Gasteiger partial charge in [0.1, 0.15) is 5.82 Å². The van der Waals surface area contributed by atoms with Crippen molar-refractivity contribution < 1.29 is 13.2 Å². The zero-order chi connectivity index (χ0) is 22.6. The molecule has 1 aliphatic rings. The van der Waals surface area contributed by atoms with Crippen molar-refractivity contribution in [1.82, 2.24) is 15.0 Å². The van der Waals surface area contributed by atoms with E-state index < -0.39 is 20.5 Å². The molecule has 2 aromatic heterocycles. The average molecular weight is 437 g/mol. The quantitative estimate of drug-likeness (QED) is 0.614. The molecule has 0 aliphatic carbocycles. The number of carbonyl (C=O) groups is 1. The summed E-state index contributed by atoms with van der Waals surface area (Å²) in [5.74, 6) is 0.540. The number of aromatic nitrogens is 3. The van der Waals surface area contributed by atoms with Crippen molar-refractivity contribution in [3.8, 4) is 11.1 Å². The van der Waals surface area contributed by atoms with Gasteiger partial charge in [-0.25, -0.2) is 18.4 Å². The molecule has 31 heavy (non-hydrogen) atoms. The van der Waals surface area contributed by atoms with Gasteiger partial charge in [0.15, 0.2) is 9.84 Å². The molecule has 3 heterocycles. The van der Waals surface area contributed by atoms with E-state index in [1.807, 2.05) is 39.0 Å². The Morgan fingerprint density at radius 3 is 2.29 bits per heavy atom. The van der Waals surface area contributed by atoms with E-state index in [4.69, 9.17) is 0 Å².